The summed E-state index contributed by atoms with van der Waals surface area (Å²) in [6, 6.07) is 7.28. The number of nitrogens with one attached hydrogen (secondary N) is 2. The number of nitrogens with zero attached hydrogens (tertiary/aromatic N) is 6. The van der Waals surface area contributed by atoms with Crippen LogP contribution in [0.15, 0.2) is 30.5 Å². The fourth-order valence-corrected chi connectivity index (χ4v) is 4.57. The molecule has 4 heterocycles. The van der Waals surface area contributed by atoms with E-state index in [-0.39, 0.29) is 11.6 Å². The van der Waals surface area contributed by atoms with E-state index in [0.717, 1.165) is 56.4 Å². The second-order valence-electron chi connectivity index (χ2n) is 9.97. The zero-order valence-corrected chi connectivity index (χ0v) is 25.6. The zero-order chi connectivity index (χ0) is 30.8. The number of likely N-dealkylation sites (N-methyl/N-ethyl adjacent to an activating group) is 1. The number of anilines is 2. The minimum Gasteiger partial charge on any atom is -0.325 e. The molecule has 3 aromatic heterocycles. The summed E-state index contributed by atoms with van der Waals surface area (Å²) in [6.07, 6.45) is 5.56. The normalized spacial score (nSPS) is 13.9. The molecular weight excluding hydrogens is 538 g/mol. The van der Waals surface area contributed by atoms with Crippen LogP contribution in [-0.4, -0.2) is 63.4 Å². The molecule has 1 fully saturated rings. The Labute approximate surface area is 246 Å². The van der Waals surface area contributed by atoms with Crippen LogP contribution in [0.1, 0.15) is 63.2 Å². The number of halogens is 2. The number of hydrogen-bond donors (Lipinski definition) is 2. The fraction of sp³-hybridized carbons (Fsp3) is 0.452. The third-order valence-electron chi connectivity index (χ3n) is 6.50. The molecule has 0 amide bonds. The molecule has 0 bridgehead atoms. The van der Waals surface area contributed by atoms with E-state index >= 15 is 0 Å². The number of hydrogen-bond acceptors (Lipinski definition) is 8. The maximum absolute atomic E-state index is 14.9. The van der Waals surface area contributed by atoms with Gasteiger partial charge in [-0.1, -0.05) is 26.8 Å². The number of aryl methyl sites for hydroxylation is 1. The lowest BCUT2D eigenvalue weighted by Crippen LogP contribution is -2.27. The SMILES string of the molecule is CC.CCC=O.CNC.Cc1nc2c(F)cc(-c3nc(Nc4ccc5c(n4)CCN(C)C5)ncc3F)cc2n1C1CC1. The summed E-state index contributed by atoms with van der Waals surface area (Å²) in [5, 5.41) is 5.82. The molecule has 1 aromatic carbocycles. The number of carbonyl (C=O) groups excluding carboxylic acids is 1. The number of aldehydes is 1. The Hall–Kier alpha value is -3.83. The molecule has 226 valence electrons. The first-order valence-electron chi connectivity index (χ1n) is 14.5. The Morgan fingerprint density at radius 3 is 2.40 bits per heavy atom. The summed E-state index contributed by atoms with van der Waals surface area (Å²) in [4.78, 5) is 28.9. The predicted octanol–water partition coefficient (Wildman–Crippen LogP) is 6.00. The van der Waals surface area contributed by atoms with Crippen LogP contribution in [0.5, 0.6) is 0 Å². The van der Waals surface area contributed by atoms with Crippen molar-refractivity contribution in [3.8, 4) is 11.3 Å². The average molecular weight is 581 g/mol. The molecule has 1 aliphatic heterocycles. The molecule has 1 saturated carbocycles. The van der Waals surface area contributed by atoms with Crippen LogP contribution < -0.4 is 10.6 Å². The van der Waals surface area contributed by atoms with Crippen molar-refractivity contribution in [1.29, 1.82) is 0 Å². The van der Waals surface area contributed by atoms with Gasteiger partial charge >= 0.3 is 0 Å². The summed E-state index contributed by atoms with van der Waals surface area (Å²) < 4.78 is 31.7. The molecule has 11 heteroatoms. The second-order valence-corrected chi connectivity index (χ2v) is 9.97. The molecule has 0 unspecified atom stereocenters. The summed E-state index contributed by atoms with van der Waals surface area (Å²) in [6.45, 7) is 9.50. The van der Waals surface area contributed by atoms with Gasteiger partial charge in [0.2, 0.25) is 5.95 Å². The highest BCUT2D eigenvalue weighted by atomic mass is 19.1. The predicted molar refractivity (Wildman–Crippen MR) is 164 cm³/mol. The fourth-order valence-electron chi connectivity index (χ4n) is 4.57. The minimum atomic E-state index is -0.616. The van der Waals surface area contributed by atoms with Crippen molar-refractivity contribution in [2.45, 2.75) is 66.0 Å². The highest BCUT2D eigenvalue weighted by molar-refractivity contribution is 5.83. The quantitative estimate of drug-likeness (QED) is 0.277. The zero-order valence-electron chi connectivity index (χ0n) is 25.6. The van der Waals surface area contributed by atoms with Gasteiger partial charge in [0.15, 0.2) is 11.6 Å². The standard InChI is InChI=1S/C24H23F2N7.C3H6O.C2H7N.C2H6/c1-13-28-23-17(25)9-15(10-20(23)33(13)16-4-5-16)22-18(26)11-27-24(31-22)30-21-6-3-14-12-32(2)8-7-19(14)29-21;1-2-3-4;1-3-2;1-2/h3,6,9-11,16H,4-5,7-8,12H2,1-2H3,(H,27,29,30,31);3H,2H2,1H3;3H,1-2H3;1-2H3. The van der Waals surface area contributed by atoms with E-state index in [0.29, 0.717) is 34.9 Å². The lowest BCUT2D eigenvalue weighted by atomic mass is 10.1. The van der Waals surface area contributed by atoms with Crippen molar-refractivity contribution in [3.63, 3.8) is 0 Å². The molecule has 0 radical (unpaired) electrons. The monoisotopic (exact) mass is 580 g/mol. The Bertz CT molecular complexity index is 1490. The molecule has 0 atom stereocenters. The molecular formula is C31H42F2N8O. The van der Waals surface area contributed by atoms with E-state index in [1.165, 1.54) is 11.6 Å². The number of pyridine rings is 1. The van der Waals surface area contributed by atoms with Crippen LogP contribution in [0.2, 0.25) is 0 Å². The maximum Gasteiger partial charge on any atom is 0.229 e. The lowest BCUT2D eigenvalue weighted by molar-refractivity contribution is -0.107. The van der Waals surface area contributed by atoms with Gasteiger partial charge in [0.05, 0.1) is 11.7 Å². The van der Waals surface area contributed by atoms with E-state index in [4.69, 9.17) is 0 Å². The third-order valence-corrected chi connectivity index (χ3v) is 6.50. The number of carbonyl (C=O) groups is 1. The lowest BCUT2D eigenvalue weighted by Gasteiger charge is -2.24. The van der Waals surface area contributed by atoms with Crippen LogP contribution in [0.25, 0.3) is 22.3 Å². The minimum absolute atomic E-state index is 0.0362. The molecule has 2 aliphatic rings. The number of fused-ring (bicyclic) bond motifs is 2. The first kappa shape index (κ1) is 32.7. The van der Waals surface area contributed by atoms with Crippen LogP contribution in [0.3, 0.4) is 0 Å². The van der Waals surface area contributed by atoms with Gasteiger partial charge in [0.25, 0.3) is 0 Å². The molecule has 9 nitrogen and oxygen atoms in total. The topological polar surface area (TPSA) is 101 Å². The summed E-state index contributed by atoms with van der Waals surface area (Å²) in [5.74, 6) is 0.464. The van der Waals surface area contributed by atoms with Gasteiger partial charge in [-0.25, -0.2) is 28.7 Å². The number of rotatable bonds is 5. The van der Waals surface area contributed by atoms with Crippen LogP contribution >= 0.6 is 0 Å². The molecule has 0 saturated heterocycles. The number of imidazole rings is 1. The van der Waals surface area contributed by atoms with E-state index in [2.05, 4.69) is 42.5 Å². The van der Waals surface area contributed by atoms with Crippen molar-refractivity contribution < 1.29 is 13.6 Å². The van der Waals surface area contributed by atoms with Crippen molar-refractivity contribution in [2.24, 2.45) is 0 Å². The first-order chi connectivity index (χ1) is 20.3. The Kier molecular flexibility index (Phi) is 12.0. The molecule has 0 spiro atoms. The smallest absolute Gasteiger partial charge is 0.229 e. The molecule has 4 aromatic rings. The van der Waals surface area contributed by atoms with Gasteiger partial charge < -0.3 is 24.9 Å². The van der Waals surface area contributed by atoms with E-state index in [9.17, 15) is 13.6 Å². The van der Waals surface area contributed by atoms with E-state index < -0.39 is 11.6 Å². The number of benzene rings is 1. The molecule has 42 heavy (non-hydrogen) atoms. The van der Waals surface area contributed by atoms with Crippen molar-refractivity contribution in [3.05, 3.63) is 59.2 Å². The maximum atomic E-state index is 14.9. The summed E-state index contributed by atoms with van der Waals surface area (Å²) in [5.41, 5.74) is 3.59. The molecule has 6 rings (SSSR count). The van der Waals surface area contributed by atoms with Gasteiger partial charge in [0, 0.05) is 43.2 Å². The average Bonchev–Trinajstić information content (AvgIpc) is 3.77. The van der Waals surface area contributed by atoms with Crippen LogP contribution in [0.4, 0.5) is 20.5 Å². The largest absolute Gasteiger partial charge is 0.325 e. The van der Waals surface area contributed by atoms with Gasteiger partial charge in [-0.15, -0.1) is 0 Å². The summed E-state index contributed by atoms with van der Waals surface area (Å²) in [7, 11) is 5.84. The van der Waals surface area contributed by atoms with Gasteiger partial charge in [-0.2, -0.15) is 0 Å². The Balaban J connectivity index is 0.000000482. The highest BCUT2D eigenvalue weighted by Crippen LogP contribution is 2.40. The highest BCUT2D eigenvalue weighted by Gasteiger charge is 2.28. The third kappa shape index (κ3) is 7.92. The molecule has 1 aliphatic carbocycles. The first-order valence-corrected chi connectivity index (χ1v) is 14.5. The number of aromatic nitrogens is 5. The van der Waals surface area contributed by atoms with Crippen molar-refractivity contribution >= 4 is 29.1 Å². The second kappa shape index (κ2) is 15.4. The van der Waals surface area contributed by atoms with Gasteiger partial charge in [-0.3, -0.25) is 0 Å². The summed E-state index contributed by atoms with van der Waals surface area (Å²) >= 11 is 0. The van der Waals surface area contributed by atoms with E-state index in [1.54, 1.807) is 6.07 Å². The Morgan fingerprint density at radius 1 is 1.07 bits per heavy atom. The van der Waals surface area contributed by atoms with Crippen molar-refractivity contribution in [2.75, 3.05) is 33.0 Å². The van der Waals surface area contributed by atoms with Gasteiger partial charge in [0.1, 0.15) is 29.1 Å². The van der Waals surface area contributed by atoms with E-state index in [1.807, 2.05) is 58.5 Å². The Morgan fingerprint density at radius 2 is 1.76 bits per heavy atom. The van der Waals surface area contributed by atoms with Crippen molar-refractivity contribution in [1.82, 2.24) is 34.7 Å². The van der Waals surface area contributed by atoms with Crippen LogP contribution in [-0.2, 0) is 17.8 Å². The molecule has 2 N–H and O–H groups in total. The van der Waals surface area contributed by atoms with Gasteiger partial charge in [-0.05, 0) is 64.7 Å². The van der Waals surface area contributed by atoms with Crippen LogP contribution in [0, 0.1) is 18.6 Å².